The molecule has 0 aliphatic heterocycles. The van der Waals surface area contributed by atoms with Gasteiger partial charge in [0.15, 0.2) is 5.13 Å². The highest BCUT2D eigenvalue weighted by atomic mass is 32.1. The van der Waals surface area contributed by atoms with Gasteiger partial charge in [0.05, 0.1) is 16.6 Å². The number of likely N-dealkylation sites (N-methyl/N-ethyl adjacent to an activating group) is 1. The molecular weight excluding hydrogens is 366 g/mol. The van der Waals surface area contributed by atoms with Crippen LogP contribution in [-0.4, -0.2) is 43.0 Å². The van der Waals surface area contributed by atoms with Crippen LogP contribution in [0, 0.1) is 27.7 Å². The fraction of sp³-hybridized carbons (Fsp3) is 0.391. The molecule has 0 spiro atoms. The predicted octanol–water partition coefficient (Wildman–Crippen LogP) is 4.67. The fourth-order valence-electron chi connectivity index (χ4n) is 3.29. The third-order valence-corrected chi connectivity index (χ3v) is 6.29. The van der Waals surface area contributed by atoms with E-state index in [0.717, 1.165) is 33.9 Å². The lowest BCUT2D eigenvalue weighted by Gasteiger charge is -2.22. The Kier molecular flexibility index (Phi) is 6.16. The highest BCUT2D eigenvalue weighted by molar-refractivity contribution is 7.22. The summed E-state index contributed by atoms with van der Waals surface area (Å²) in [6, 6.07) is 10.5. The number of aromatic nitrogens is 1. The van der Waals surface area contributed by atoms with Crippen molar-refractivity contribution in [2.45, 2.75) is 34.1 Å². The number of carbonyl (C=O) groups excluding carboxylic acids is 1. The van der Waals surface area contributed by atoms with Gasteiger partial charge in [0, 0.05) is 13.1 Å². The molecule has 1 heterocycles. The first-order chi connectivity index (χ1) is 13.3. The number of amides is 1. The van der Waals surface area contributed by atoms with Crippen LogP contribution < -0.4 is 4.90 Å². The summed E-state index contributed by atoms with van der Waals surface area (Å²) in [4.78, 5) is 22.1. The van der Waals surface area contributed by atoms with Crippen LogP contribution in [0.25, 0.3) is 10.2 Å². The molecule has 0 aliphatic rings. The smallest absolute Gasteiger partial charge is 0.233 e. The molecule has 0 atom stereocenters. The van der Waals surface area contributed by atoms with Crippen molar-refractivity contribution in [2.24, 2.45) is 0 Å². The molecule has 4 nitrogen and oxygen atoms in total. The molecule has 0 unspecified atom stereocenters. The fourth-order valence-corrected chi connectivity index (χ4v) is 4.45. The third kappa shape index (κ3) is 4.42. The van der Waals surface area contributed by atoms with E-state index in [1.807, 2.05) is 19.0 Å². The van der Waals surface area contributed by atoms with Gasteiger partial charge in [0.1, 0.15) is 0 Å². The first kappa shape index (κ1) is 20.5. The first-order valence-corrected chi connectivity index (χ1v) is 10.5. The average molecular weight is 396 g/mol. The minimum absolute atomic E-state index is 0.100. The minimum atomic E-state index is 0.100. The molecule has 0 N–H and O–H groups in total. The van der Waals surface area contributed by atoms with Crippen LogP contribution in [0.15, 0.2) is 30.3 Å². The van der Waals surface area contributed by atoms with Crippen molar-refractivity contribution in [2.75, 3.05) is 32.1 Å². The summed E-state index contributed by atoms with van der Waals surface area (Å²) in [5.74, 6) is 0.100. The number of rotatable bonds is 6. The van der Waals surface area contributed by atoms with Crippen LogP contribution in [0.5, 0.6) is 0 Å². The van der Waals surface area contributed by atoms with Gasteiger partial charge in [-0.15, -0.1) is 0 Å². The summed E-state index contributed by atoms with van der Waals surface area (Å²) in [5.41, 5.74) is 6.83. The van der Waals surface area contributed by atoms with Crippen molar-refractivity contribution in [1.82, 2.24) is 9.88 Å². The summed E-state index contributed by atoms with van der Waals surface area (Å²) in [5, 5.41) is 0.795. The van der Waals surface area contributed by atoms with E-state index in [9.17, 15) is 4.79 Å². The summed E-state index contributed by atoms with van der Waals surface area (Å²) >= 11 is 1.62. The third-order valence-electron chi connectivity index (χ3n) is 5.07. The van der Waals surface area contributed by atoms with Crippen molar-refractivity contribution < 1.29 is 4.79 Å². The number of anilines is 1. The zero-order valence-electron chi connectivity index (χ0n) is 17.7. The Morgan fingerprint density at radius 3 is 2.32 bits per heavy atom. The summed E-state index contributed by atoms with van der Waals surface area (Å²) in [7, 11) is 4.05. The summed E-state index contributed by atoms with van der Waals surface area (Å²) in [6.07, 6.45) is 0.396. The zero-order chi connectivity index (χ0) is 20.4. The van der Waals surface area contributed by atoms with Crippen LogP contribution in [0.1, 0.15) is 27.8 Å². The normalized spacial score (nSPS) is 11.4. The van der Waals surface area contributed by atoms with Gasteiger partial charge < -0.3 is 4.90 Å². The monoisotopic (exact) mass is 395 g/mol. The van der Waals surface area contributed by atoms with E-state index < -0.39 is 0 Å². The minimum Gasteiger partial charge on any atom is -0.308 e. The molecule has 0 aliphatic carbocycles. The SMILES string of the molecule is Cc1ccc(CC(=O)N(CCN(C)C)c2nc3c(C)ccc(C)c3s2)c(C)c1. The van der Waals surface area contributed by atoms with Crippen molar-refractivity contribution in [3.05, 3.63) is 58.1 Å². The number of hydrogen-bond donors (Lipinski definition) is 0. The molecule has 2 aromatic carbocycles. The van der Waals surface area contributed by atoms with Crippen LogP contribution >= 0.6 is 11.3 Å². The second-order valence-corrected chi connectivity index (χ2v) is 8.81. The maximum atomic E-state index is 13.3. The molecule has 5 heteroatoms. The molecule has 3 aromatic rings. The summed E-state index contributed by atoms with van der Waals surface area (Å²) < 4.78 is 1.17. The van der Waals surface area contributed by atoms with E-state index in [1.54, 1.807) is 11.3 Å². The summed E-state index contributed by atoms with van der Waals surface area (Å²) in [6.45, 7) is 9.76. The molecule has 0 saturated heterocycles. The van der Waals surface area contributed by atoms with Crippen molar-refractivity contribution in [1.29, 1.82) is 0 Å². The lowest BCUT2D eigenvalue weighted by molar-refractivity contribution is -0.118. The largest absolute Gasteiger partial charge is 0.308 e. The quantitative estimate of drug-likeness (QED) is 0.609. The van der Waals surface area contributed by atoms with E-state index in [0.29, 0.717) is 13.0 Å². The predicted molar refractivity (Wildman–Crippen MR) is 120 cm³/mol. The van der Waals surface area contributed by atoms with Crippen molar-refractivity contribution in [3.8, 4) is 0 Å². The maximum Gasteiger partial charge on any atom is 0.233 e. The Morgan fingerprint density at radius 1 is 0.964 bits per heavy atom. The highest BCUT2D eigenvalue weighted by Crippen LogP contribution is 2.33. The maximum absolute atomic E-state index is 13.3. The Bertz CT molecular complexity index is 967. The zero-order valence-corrected chi connectivity index (χ0v) is 18.5. The second-order valence-electron chi connectivity index (χ2n) is 7.83. The van der Waals surface area contributed by atoms with Gasteiger partial charge in [0.2, 0.25) is 5.91 Å². The topological polar surface area (TPSA) is 36.4 Å². The van der Waals surface area contributed by atoms with Crippen LogP contribution in [-0.2, 0) is 11.2 Å². The Balaban J connectivity index is 1.95. The van der Waals surface area contributed by atoms with E-state index in [4.69, 9.17) is 4.98 Å². The Labute approximate surface area is 171 Å². The van der Waals surface area contributed by atoms with Gasteiger partial charge in [-0.25, -0.2) is 4.98 Å². The van der Waals surface area contributed by atoms with E-state index in [1.165, 1.54) is 15.8 Å². The van der Waals surface area contributed by atoms with E-state index >= 15 is 0 Å². The molecular formula is C23H29N3OS. The molecule has 1 amide bonds. The average Bonchev–Trinajstić information content (AvgIpc) is 3.07. The number of hydrogen-bond acceptors (Lipinski definition) is 4. The molecule has 28 heavy (non-hydrogen) atoms. The molecule has 1 aromatic heterocycles. The number of fused-ring (bicyclic) bond motifs is 1. The van der Waals surface area contributed by atoms with Crippen LogP contribution in [0.4, 0.5) is 5.13 Å². The number of aryl methyl sites for hydroxylation is 4. The van der Waals surface area contributed by atoms with Gasteiger partial charge in [-0.3, -0.25) is 9.69 Å². The Morgan fingerprint density at radius 2 is 1.68 bits per heavy atom. The van der Waals surface area contributed by atoms with Gasteiger partial charge in [0.25, 0.3) is 0 Å². The van der Waals surface area contributed by atoms with Gasteiger partial charge in [-0.05, 0) is 64.0 Å². The molecule has 0 fully saturated rings. The molecule has 148 valence electrons. The molecule has 0 radical (unpaired) electrons. The van der Waals surface area contributed by atoms with Gasteiger partial charge in [-0.2, -0.15) is 0 Å². The lowest BCUT2D eigenvalue weighted by atomic mass is 10.0. The lowest BCUT2D eigenvalue weighted by Crippen LogP contribution is -2.37. The first-order valence-electron chi connectivity index (χ1n) is 9.64. The van der Waals surface area contributed by atoms with Crippen LogP contribution in [0.2, 0.25) is 0 Å². The second kappa shape index (κ2) is 8.41. The Hall–Kier alpha value is -2.24. The highest BCUT2D eigenvalue weighted by Gasteiger charge is 2.21. The van der Waals surface area contributed by atoms with Gasteiger partial charge >= 0.3 is 0 Å². The van der Waals surface area contributed by atoms with Crippen molar-refractivity contribution in [3.63, 3.8) is 0 Å². The number of benzene rings is 2. The molecule has 3 rings (SSSR count). The number of carbonyl (C=O) groups is 1. The standard InChI is InChI=1S/C23H29N3OS/c1-15-7-10-19(18(4)13-15)14-20(27)26(12-11-25(5)6)23-24-21-16(2)8-9-17(3)22(21)28-23/h7-10,13H,11-12,14H2,1-6H3. The molecule has 0 bridgehead atoms. The van der Waals surface area contributed by atoms with Crippen LogP contribution in [0.3, 0.4) is 0 Å². The van der Waals surface area contributed by atoms with Gasteiger partial charge in [-0.1, -0.05) is 47.2 Å². The number of thiazole rings is 1. The van der Waals surface area contributed by atoms with E-state index in [2.05, 4.69) is 62.9 Å². The number of nitrogens with zero attached hydrogens (tertiary/aromatic N) is 3. The van der Waals surface area contributed by atoms with Crippen molar-refractivity contribution >= 4 is 32.6 Å². The molecule has 0 saturated carbocycles. The van der Waals surface area contributed by atoms with E-state index in [-0.39, 0.29) is 5.91 Å².